The van der Waals surface area contributed by atoms with Crippen LogP contribution in [0.4, 0.5) is 5.69 Å². The second-order valence-electron chi connectivity index (χ2n) is 5.39. The molecule has 1 heterocycles. The van der Waals surface area contributed by atoms with E-state index in [1.165, 1.54) is 0 Å². The average Bonchev–Trinajstić information content (AvgIpc) is 2.37. The number of carboxylic acids is 1. The van der Waals surface area contributed by atoms with Crippen molar-refractivity contribution in [3.05, 3.63) is 28.8 Å². The molecule has 2 rings (SSSR count). The van der Waals surface area contributed by atoms with Gasteiger partial charge in [-0.15, -0.1) is 0 Å². The molecule has 0 aromatic heterocycles. The summed E-state index contributed by atoms with van der Waals surface area (Å²) in [6, 6.07) is 5.09. The molecule has 6 heteroatoms. The molecule has 1 saturated heterocycles. The summed E-state index contributed by atoms with van der Waals surface area (Å²) in [5.41, 5.74) is 5.42. The lowest BCUT2D eigenvalue weighted by atomic mass is 9.81. The fourth-order valence-electron chi connectivity index (χ4n) is 2.64. The SMILES string of the molecule is CC1(C(=O)O)CCCN(c2cccc(Cl)c2C(N)=O)C1. The third-order valence-corrected chi connectivity index (χ3v) is 4.11. The number of benzene rings is 1. The molecule has 1 unspecified atom stereocenters. The summed E-state index contributed by atoms with van der Waals surface area (Å²) in [5.74, 6) is -1.43. The van der Waals surface area contributed by atoms with Crippen molar-refractivity contribution in [3.63, 3.8) is 0 Å². The van der Waals surface area contributed by atoms with Crippen molar-refractivity contribution in [2.24, 2.45) is 11.1 Å². The predicted octanol–water partition coefficient (Wildman–Crippen LogP) is 2.13. The van der Waals surface area contributed by atoms with E-state index >= 15 is 0 Å². The molecule has 3 N–H and O–H groups in total. The maximum atomic E-state index is 11.6. The first kappa shape index (κ1) is 14.7. The number of primary amides is 1. The number of hydrogen-bond donors (Lipinski definition) is 2. The van der Waals surface area contributed by atoms with E-state index in [1.54, 1.807) is 25.1 Å². The van der Waals surface area contributed by atoms with Gasteiger partial charge in [0.15, 0.2) is 0 Å². The van der Waals surface area contributed by atoms with Gasteiger partial charge in [-0.25, -0.2) is 0 Å². The highest BCUT2D eigenvalue weighted by atomic mass is 35.5. The Morgan fingerprint density at radius 2 is 2.15 bits per heavy atom. The molecular weight excluding hydrogens is 280 g/mol. The largest absolute Gasteiger partial charge is 0.481 e. The van der Waals surface area contributed by atoms with Crippen LogP contribution >= 0.6 is 11.6 Å². The van der Waals surface area contributed by atoms with Gasteiger partial charge in [0, 0.05) is 13.1 Å². The number of hydrogen-bond acceptors (Lipinski definition) is 3. The van der Waals surface area contributed by atoms with E-state index in [4.69, 9.17) is 17.3 Å². The summed E-state index contributed by atoms with van der Waals surface area (Å²) >= 11 is 6.03. The van der Waals surface area contributed by atoms with Crippen molar-refractivity contribution in [3.8, 4) is 0 Å². The Bertz CT molecular complexity index is 561. The normalized spacial score (nSPS) is 22.6. The first-order valence-electron chi connectivity index (χ1n) is 6.42. The Balaban J connectivity index is 2.40. The third kappa shape index (κ3) is 2.58. The van der Waals surface area contributed by atoms with E-state index in [9.17, 15) is 14.7 Å². The molecule has 0 spiro atoms. The molecule has 0 aliphatic carbocycles. The van der Waals surface area contributed by atoms with Gasteiger partial charge in [-0.2, -0.15) is 0 Å². The van der Waals surface area contributed by atoms with Gasteiger partial charge in [0.1, 0.15) is 0 Å². The number of piperidine rings is 1. The molecule has 1 fully saturated rings. The van der Waals surface area contributed by atoms with Crippen LogP contribution < -0.4 is 10.6 Å². The van der Waals surface area contributed by atoms with Gasteiger partial charge in [0.05, 0.1) is 21.7 Å². The molecule has 1 amide bonds. The minimum atomic E-state index is -0.829. The second-order valence-corrected chi connectivity index (χ2v) is 5.80. The standard InChI is InChI=1S/C14H17ClN2O3/c1-14(13(19)20)6-3-7-17(8-14)10-5-2-4-9(15)11(10)12(16)18/h2,4-5H,3,6-8H2,1H3,(H2,16,18)(H,19,20). The molecule has 1 aromatic rings. The predicted molar refractivity (Wildman–Crippen MR) is 77.2 cm³/mol. The van der Waals surface area contributed by atoms with Gasteiger partial charge in [0.2, 0.25) is 0 Å². The van der Waals surface area contributed by atoms with Crippen LogP contribution in [0.25, 0.3) is 0 Å². The monoisotopic (exact) mass is 296 g/mol. The van der Waals surface area contributed by atoms with E-state index < -0.39 is 17.3 Å². The Kier molecular flexibility index (Phi) is 3.90. The van der Waals surface area contributed by atoms with Crippen molar-refractivity contribution >= 4 is 29.2 Å². The minimum absolute atomic E-state index is 0.254. The summed E-state index contributed by atoms with van der Waals surface area (Å²) in [5, 5.41) is 9.64. The zero-order valence-electron chi connectivity index (χ0n) is 11.2. The van der Waals surface area contributed by atoms with Crippen molar-refractivity contribution in [1.82, 2.24) is 0 Å². The summed E-state index contributed by atoms with van der Waals surface area (Å²) in [7, 11) is 0. The lowest BCUT2D eigenvalue weighted by molar-refractivity contribution is -0.148. The molecular formula is C14H17ClN2O3. The molecule has 1 atom stereocenters. The molecule has 1 aliphatic heterocycles. The number of amides is 1. The number of carboxylic acid groups (broad SMARTS) is 1. The molecule has 0 bridgehead atoms. The number of carbonyl (C=O) groups excluding carboxylic acids is 1. The van der Waals surface area contributed by atoms with Crippen LogP contribution in [0.3, 0.4) is 0 Å². The molecule has 20 heavy (non-hydrogen) atoms. The highest BCUT2D eigenvalue weighted by Gasteiger charge is 2.38. The first-order valence-corrected chi connectivity index (χ1v) is 6.79. The molecule has 0 saturated carbocycles. The van der Waals surface area contributed by atoms with E-state index in [2.05, 4.69) is 0 Å². The Hall–Kier alpha value is -1.75. The highest BCUT2D eigenvalue weighted by Crippen LogP contribution is 2.35. The molecule has 0 radical (unpaired) electrons. The average molecular weight is 297 g/mol. The third-order valence-electron chi connectivity index (χ3n) is 3.79. The van der Waals surface area contributed by atoms with Gasteiger partial charge in [-0.05, 0) is 31.9 Å². The first-order chi connectivity index (χ1) is 9.35. The highest BCUT2D eigenvalue weighted by molar-refractivity contribution is 6.34. The van der Waals surface area contributed by atoms with E-state index in [0.29, 0.717) is 25.2 Å². The maximum Gasteiger partial charge on any atom is 0.311 e. The van der Waals surface area contributed by atoms with Crippen LogP contribution in [-0.4, -0.2) is 30.1 Å². The molecule has 1 aliphatic rings. The fraction of sp³-hybridized carbons (Fsp3) is 0.429. The van der Waals surface area contributed by atoms with Crippen LogP contribution in [0.5, 0.6) is 0 Å². The zero-order valence-corrected chi connectivity index (χ0v) is 12.0. The number of halogens is 1. The summed E-state index contributed by atoms with van der Waals surface area (Å²) in [6.45, 7) is 2.74. The van der Waals surface area contributed by atoms with Crippen molar-refractivity contribution < 1.29 is 14.7 Å². The number of aliphatic carboxylic acids is 1. The van der Waals surface area contributed by atoms with Gasteiger partial charge in [-0.1, -0.05) is 17.7 Å². The van der Waals surface area contributed by atoms with Gasteiger partial charge in [0.25, 0.3) is 5.91 Å². The Labute approximate surface area is 122 Å². The summed E-state index contributed by atoms with van der Waals surface area (Å²) in [4.78, 5) is 24.8. The quantitative estimate of drug-likeness (QED) is 0.895. The Morgan fingerprint density at radius 3 is 2.75 bits per heavy atom. The lowest BCUT2D eigenvalue weighted by Gasteiger charge is -2.39. The number of anilines is 1. The maximum absolute atomic E-state index is 11.6. The second kappa shape index (κ2) is 5.32. The zero-order chi connectivity index (χ0) is 14.9. The topological polar surface area (TPSA) is 83.6 Å². The number of nitrogens with two attached hydrogens (primary N) is 1. The van der Waals surface area contributed by atoms with Crippen LogP contribution in [0.1, 0.15) is 30.1 Å². The van der Waals surface area contributed by atoms with Gasteiger partial charge in [-0.3, -0.25) is 9.59 Å². The summed E-state index contributed by atoms with van der Waals surface area (Å²) in [6.07, 6.45) is 1.36. The molecule has 108 valence electrons. The number of nitrogens with zero attached hydrogens (tertiary/aromatic N) is 1. The van der Waals surface area contributed by atoms with Crippen molar-refractivity contribution in [2.75, 3.05) is 18.0 Å². The molecule has 1 aromatic carbocycles. The van der Waals surface area contributed by atoms with Crippen LogP contribution in [0.15, 0.2) is 18.2 Å². The van der Waals surface area contributed by atoms with Crippen molar-refractivity contribution in [1.29, 1.82) is 0 Å². The number of rotatable bonds is 3. The minimum Gasteiger partial charge on any atom is -0.481 e. The van der Waals surface area contributed by atoms with E-state index in [-0.39, 0.29) is 10.6 Å². The van der Waals surface area contributed by atoms with E-state index in [1.807, 2.05) is 4.90 Å². The molecule has 5 nitrogen and oxygen atoms in total. The van der Waals surface area contributed by atoms with Gasteiger partial charge < -0.3 is 15.7 Å². The van der Waals surface area contributed by atoms with Gasteiger partial charge >= 0.3 is 5.97 Å². The van der Waals surface area contributed by atoms with Crippen LogP contribution in [-0.2, 0) is 4.79 Å². The van der Waals surface area contributed by atoms with Crippen LogP contribution in [0.2, 0.25) is 5.02 Å². The number of carbonyl (C=O) groups is 2. The summed E-state index contributed by atoms with van der Waals surface area (Å²) < 4.78 is 0. The Morgan fingerprint density at radius 1 is 1.45 bits per heavy atom. The van der Waals surface area contributed by atoms with E-state index in [0.717, 1.165) is 6.42 Å². The van der Waals surface area contributed by atoms with Crippen molar-refractivity contribution in [2.45, 2.75) is 19.8 Å². The lowest BCUT2D eigenvalue weighted by Crippen LogP contribution is -2.46. The van der Waals surface area contributed by atoms with Crippen LogP contribution in [0, 0.1) is 5.41 Å². The fourth-order valence-corrected chi connectivity index (χ4v) is 2.90. The smallest absolute Gasteiger partial charge is 0.311 e.